The summed E-state index contributed by atoms with van der Waals surface area (Å²) in [6.07, 6.45) is 0. The van der Waals surface area contributed by atoms with E-state index in [0.29, 0.717) is 5.75 Å². The van der Waals surface area contributed by atoms with Gasteiger partial charge < -0.3 is 10.9 Å². The molecule has 0 spiro atoms. The maximum Gasteiger partial charge on any atom is 0.126 e. The van der Waals surface area contributed by atoms with Gasteiger partial charge in [-0.1, -0.05) is 6.07 Å². The van der Waals surface area contributed by atoms with E-state index in [9.17, 15) is 4.39 Å². The zero-order chi connectivity index (χ0) is 6.69. The zero-order valence-electron chi connectivity index (χ0n) is 5.80. The minimum absolute atomic E-state index is 0. The molecule has 1 aromatic carbocycles. The van der Waals surface area contributed by atoms with E-state index in [4.69, 9.17) is 4.74 Å². The maximum absolute atomic E-state index is 12.3. The van der Waals surface area contributed by atoms with Gasteiger partial charge in [0.15, 0.2) is 0 Å². The molecular weight excluding hydrogens is 133 g/mol. The second kappa shape index (κ2) is 3.85. The highest BCUT2D eigenvalue weighted by Gasteiger charge is 1.90. The molecule has 0 radical (unpaired) electrons. The quantitative estimate of drug-likeness (QED) is 0.653. The van der Waals surface area contributed by atoms with Crippen LogP contribution in [0.15, 0.2) is 24.3 Å². The van der Waals surface area contributed by atoms with Gasteiger partial charge in [-0.05, 0) is 12.1 Å². The zero-order valence-corrected chi connectivity index (χ0v) is 5.80. The van der Waals surface area contributed by atoms with Crippen molar-refractivity contribution in [2.24, 2.45) is 0 Å². The Morgan fingerprint density at radius 3 is 2.50 bits per heavy atom. The molecule has 0 saturated heterocycles. The van der Waals surface area contributed by atoms with Crippen LogP contribution in [-0.2, 0) is 0 Å². The molecule has 0 amide bonds. The Bertz CT molecular complexity index is 203. The van der Waals surface area contributed by atoms with Gasteiger partial charge in [-0.3, -0.25) is 0 Å². The van der Waals surface area contributed by atoms with Gasteiger partial charge in [-0.15, -0.1) is 0 Å². The summed E-state index contributed by atoms with van der Waals surface area (Å²) in [5, 5.41) is 0. The second-order valence-corrected chi connectivity index (χ2v) is 1.66. The van der Waals surface area contributed by atoms with Gasteiger partial charge in [0.25, 0.3) is 0 Å². The first-order valence-electron chi connectivity index (χ1n) is 2.62. The predicted molar refractivity (Wildman–Crippen MR) is 38.0 cm³/mol. The van der Waals surface area contributed by atoms with E-state index < -0.39 is 0 Å². The molecule has 10 heavy (non-hydrogen) atoms. The van der Waals surface area contributed by atoms with Crippen LogP contribution in [-0.4, -0.2) is 7.11 Å². The molecule has 1 rings (SSSR count). The molecule has 56 valence electrons. The van der Waals surface area contributed by atoms with Crippen LogP contribution in [0, 0.1) is 5.82 Å². The lowest BCUT2D eigenvalue weighted by molar-refractivity contribution is 0.411. The normalized spacial score (nSPS) is 8.20. The van der Waals surface area contributed by atoms with Crippen molar-refractivity contribution in [2.75, 3.05) is 7.11 Å². The third-order valence-corrected chi connectivity index (χ3v) is 1.03. The van der Waals surface area contributed by atoms with E-state index >= 15 is 0 Å². The van der Waals surface area contributed by atoms with Crippen molar-refractivity contribution in [3.8, 4) is 5.75 Å². The van der Waals surface area contributed by atoms with Crippen LogP contribution in [0.4, 0.5) is 4.39 Å². The molecule has 1 aromatic rings. The Labute approximate surface area is 59.2 Å². The summed E-state index contributed by atoms with van der Waals surface area (Å²) < 4.78 is 17.0. The summed E-state index contributed by atoms with van der Waals surface area (Å²) in [4.78, 5) is 0. The summed E-state index contributed by atoms with van der Waals surface area (Å²) in [5.74, 6) is 0.282. The fourth-order valence-electron chi connectivity index (χ4n) is 0.594. The van der Waals surface area contributed by atoms with Crippen LogP contribution in [0.5, 0.6) is 5.75 Å². The highest BCUT2D eigenvalue weighted by molar-refractivity contribution is 5.21. The highest BCUT2D eigenvalue weighted by atomic mass is 19.1. The molecule has 0 atom stereocenters. The van der Waals surface area contributed by atoms with E-state index in [0.717, 1.165) is 0 Å². The Balaban J connectivity index is 0.000000810. The van der Waals surface area contributed by atoms with Gasteiger partial charge in [-0.2, -0.15) is 0 Å². The van der Waals surface area contributed by atoms with Crippen molar-refractivity contribution in [1.29, 1.82) is 0 Å². The molecule has 0 aliphatic heterocycles. The van der Waals surface area contributed by atoms with Crippen LogP contribution in [0.1, 0.15) is 0 Å². The first-order valence-corrected chi connectivity index (χ1v) is 2.62. The first kappa shape index (κ1) is 8.91. The van der Waals surface area contributed by atoms with Crippen molar-refractivity contribution in [3.05, 3.63) is 30.1 Å². The Morgan fingerprint density at radius 2 is 2.10 bits per heavy atom. The number of methoxy groups -OCH3 is 1. The molecule has 3 heteroatoms. The van der Waals surface area contributed by atoms with Gasteiger partial charge in [-0.25, -0.2) is 4.39 Å². The van der Waals surface area contributed by atoms with Gasteiger partial charge in [0.05, 0.1) is 7.11 Å². The lowest BCUT2D eigenvalue weighted by atomic mass is 10.3. The van der Waals surface area contributed by atoms with E-state index in [-0.39, 0.29) is 12.0 Å². The van der Waals surface area contributed by atoms with Crippen molar-refractivity contribution in [2.45, 2.75) is 0 Å². The molecule has 0 heterocycles. The molecule has 0 aromatic heterocycles. The minimum atomic E-state index is -0.269. The fraction of sp³-hybridized carbons (Fsp3) is 0.143. The number of benzene rings is 1. The Kier molecular flexibility index (Phi) is 3.43. The summed E-state index contributed by atoms with van der Waals surface area (Å²) in [7, 11) is 1.51. The average molecular weight is 143 g/mol. The topological polar surface area (TPSA) is 44.2 Å². The van der Waals surface area contributed by atoms with Gasteiger partial charge in [0.1, 0.15) is 11.6 Å². The Morgan fingerprint density at radius 1 is 1.40 bits per heavy atom. The second-order valence-electron chi connectivity index (χ2n) is 1.66. The highest BCUT2D eigenvalue weighted by Crippen LogP contribution is 2.09. The third kappa shape index (κ3) is 2.03. The van der Waals surface area contributed by atoms with E-state index in [1.807, 2.05) is 0 Å². The maximum atomic E-state index is 12.3. The summed E-state index contributed by atoms with van der Waals surface area (Å²) in [6.45, 7) is 0. The predicted octanol–water partition coefficient (Wildman–Crippen LogP) is 2.00. The van der Waals surface area contributed by atoms with Crippen molar-refractivity contribution in [3.63, 3.8) is 0 Å². The van der Waals surface area contributed by atoms with Gasteiger partial charge in [0, 0.05) is 6.07 Å². The van der Waals surface area contributed by atoms with Crippen molar-refractivity contribution >= 4 is 0 Å². The van der Waals surface area contributed by atoms with Crippen molar-refractivity contribution < 1.29 is 9.13 Å². The SMILES string of the molecule is COc1cccc(F)c1.N. The smallest absolute Gasteiger partial charge is 0.126 e. The molecule has 2 nitrogen and oxygen atoms in total. The number of ether oxygens (including phenoxy) is 1. The van der Waals surface area contributed by atoms with Crippen LogP contribution in [0.3, 0.4) is 0 Å². The molecule has 0 fully saturated rings. The molecule has 3 N–H and O–H groups in total. The number of halogens is 1. The molecule has 0 unspecified atom stereocenters. The lowest BCUT2D eigenvalue weighted by Crippen LogP contribution is -1.81. The average Bonchev–Trinajstić information content (AvgIpc) is 1.88. The molecule has 0 bridgehead atoms. The molecule has 0 aliphatic rings. The fourth-order valence-corrected chi connectivity index (χ4v) is 0.594. The first-order chi connectivity index (χ1) is 4.33. The van der Waals surface area contributed by atoms with Gasteiger partial charge >= 0.3 is 0 Å². The van der Waals surface area contributed by atoms with Crippen LogP contribution in [0.2, 0.25) is 0 Å². The largest absolute Gasteiger partial charge is 0.497 e. The summed E-state index contributed by atoms with van der Waals surface area (Å²) in [6, 6.07) is 6.01. The van der Waals surface area contributed by atoms with Crippen LogP contribution in [0.25, 0.3) is 0 Å². The van der Waals surface area contributed by atoms with E-state index in [1.54, 1.807) is 12.1 Å². The van der Waals surface area contributed by atoms with Crippen molar-refractivity contribution in [1.82, 2.24) is 6.15 Å². The summed E-state index contributed by atoms with van der Waals surface area (Å²) in [5.41, 5.74) is 0. The third-order valence-electron chi connectivity index (χ3n) is 1.03. The van der Waals surface area contributed by atoms with E-state index in [1.165, 1.54) is 19.2 Å². The monoisotopic (exact) mass is 143 g/mol. The number of rotatable bonds is 1. The minimum Gasteiger partial charge on any atom is -0.497 e. The molecular formula is C7H10FNO. The number of hydrogen-bond acceptors (Lipinski definition) is 2. The Hall–Kier alpha value is -1.09. The van der Waals surface area contributed by atoms with Gasteiger partial charge in [0.2, 0.25) is 0 Å². The molecule has 0 aliphatic carbocycles. The lowest BCUT2D eigenvalue weighted by Gasteiger charge is -1.95. The summed E-state index contributed by atoms with van der Waals surface area (Å²) >= 11 is 0. The number of hydrogen-bond donors (Lipinski definition) is 1. The van der Waals surface area contributed by atoms with Crippen LogP contribution >= 0.6 is 0 Å². The van der Waals surface area contributed by atoms with E-state index in [2.05, 4.69) is 0 Å². The standard InChI is InChI=1S/C7H7FO.H3N/c1-9-7-4-2-3-6(8)5-7;/h2-5H,1H3;1H3. The molecule has 0 saturated carbocycles. The van der Waals surface area contributed by atoms with Crippen LogP contribution < -0.4 is 10.9 Å².